The zero-order chi connectivity index (χ0) is 16.1. The SMILES string of the molecule is CCc1ncsc1C(=O)NC(C)CC(=O)c1ccc(F)cc1. The van der Waals surface area contributed by atoms with Crippen molar-refractivity contribution in [3.63, 3.8) is 0 Å². The van der Waals surface area contributed by atoms with Crippen molar-refractivity contribution in [2.75, 3.05) is 0 Å². The third kappa shape index (κ3) is 3.98. The second-order valence-corrected chi connectivity index (χ2v) is 5.85. The zero-order valence-corrected chi connectivity index (χ0v) is 13.2. The number of rotatable bonds is 6. The van der Waals surface area contributed by atoms with Crippen LogP contribution in [0.25, 0.3) is 0 Å². The molecule has 0 saturated heterocycles. The van der Waals surface area contributed by atoms with E-state index in [-0.39, 0.29) is 30.0 Å². The highest BCUT2D eigenvalue weighted by atomic mass is 32.1. The number of nitrogens with zero attached hydrogens (tertiary/aromatic N) is 1. The maximum Gasteiger partial charge on any atom is 0.263 e. The standard InChI is InChI=1S/C16H17FN2O2S/c1-3-13-15(22-9-18-13)16(21)19-10(2)8-14(20)11-4-6-12(17)7-5-11/h4-7,9-10H,3,8H2,1-2H3,(H,19,21). The van der Waals surface area contributed by atoms with E-state index in [1.807, 2.05) is 6.92 Å². The van der Waals surface area contributed by atoms with Gasteiger partial charge in [-0.05, 0) is 37.6 Å². The molecular formula is C16H17FN2O2S. The zero-order valence-electron chi connectivity index (χ0n) is 12.4. The molecule has 0 fully saturated rings. The lowest BCUT2D eigenvalue weighted by Crippen LogP contribution is -2.34. The summed E-state index contributed by atoms with van der Waals surface area (Å²) in [5, 5.41) is 2.81. The summed E-state index contributed by atoms with van der Waals surface area (Å²) in [4.78, 5) is 29.0. The predicted octanol–water partition coefficient (Wildman–Crippen LogP) is 3.24. The molecule has 1 N–H and O–H groups in total. The van der Waals surface area contributed by atoms with Crippen LogP contribution in [-0.4, -0.2) is 22.7 Å². The van der Waals surface area contributed by atoms with E-state index < -0.39 is 0 Å². The molecule has 0 spiro atoms. The minimum absolute atomic E-state index is 0.132. The molecule has 1 atom stereocenters. The van der Waals surface area contributed by atoms with Crippen molar-refractivity contribution >= 4 is 23.0 Å². The fraction of sp³-hybridized carbons (Fsp3) is 0.312. The summed E-state index contributed by atoms with van der Waals surface area (Å²) in [6.45, 7) is 3.71. The lowest BCUT2D eigenvalue weighted by atomic mass is 10.0. The monoisotopic (exact) mass is 320 g/mol. The van der Waals surface area contributed by atoms with Crippen molar-refractivity contribution in [3.05, 3.63) is 51.7 Å². The topological polar surface area (TPSA) is 59.1 Å². The van der Waals surface area contributed by atoms with Gasteiger partial charge in [0.15, 0.2) is 5.78 Å². The molecule has 0 aliphatic rings. The van der Waals surface area contributed by atoms with E-state index in [0.29, 0.717) is 16.9 Å². The molecule has 0 saturated carbocycles. The van der Waals surface area contributed by atoms with Crippen molar-refractivity contribution < 1.29 is 14.0 Å². The van der Waals surface area contributed by atoms with Crippen LogP contribution in [0.3, 0.4) is 0 Å². The van der Waals surface area contributed by atoms with Crippen LogP contribution in [0.4, 0.5) is 4.39 Å². The van der Waals surface area contributed by atoms with Crippen LogP contribution in [0.15, 0.2) is 29.8 Å². The third-order valence-corrected chi connectivity index (χ3v) is 4.09. The Morgan fingerprint density at radius 1 is 1.32 bits per heavy atom. The lowest BCUT2D eigenvalue weighted by Gasteiger charge is -2.13. The minimum atomic E-state index is -0.379. The minimum Gasteiger partial charge on any atom is -0.348 e. The van der Waals surface area contributed by atoms with Gasteiger partial charge in [-0.1, -0.05) is 6.92 Å². The number of thiazole rings is 1. The fourth-order valence-electron chi connectivity index (χ4n) is 2.08. The number of hydrogen-bond acceptors (Lipinski definition) is 4. The molecule has 0 radical (unpaired) electrons. The smallest absolute Gasteiger partial charge is 0.263 e. The Hall–Kier alpha value is -2.08. The molecule has 1 heterocycles. The number of aromatic nitrogens is 1. The molecule has 2 rings (SSSR count). The van der Waals surface area contributed by atoms with Gasteiger partial charge in [-0.25, -0.2) is 9.37 Å². The summed E-state index contributed by atoms with van der Waals surface area (Å²) in [6, 6.07) is 5.09. The van der Waals surface area contributed by atoms with Gasteiger partial charge in [-0.3, -0.25) is 9.59 Å². The summed E-state index contributed by atoms with van der Waals surface area (Å²) in [5.74, 6) is -0.721. The molecule has 1 amide bonds. The van der Waals surface area contributed by atoms with Crippen LogP contribution >= 0.6 is 11.3 Å². The van der Waals surface area contributed by atoms with Gasteiger partial charge in [-0.15, -0.1) is 11.3 Å². The van der Waals surface area contributed by atoms with Gasteiger partial charge in [0.05, 0.1) is 11.2 Å². The maximum absolute atomic E-state index is 12.8. The van der Waals surface area contributed by atoms with Gasteiger partial charge < -0.3 is 5.32 Å². The average Bonchev–Trinajstić information content (AvgIpc) is 2.96. The van der Waals surface area contributed by atoms with E-state index in [2.05, 4.69) is 10.3 Å². The molecule has 0 bridgehead atoms. The second kappa shape index (κ2) is 7.26. The number of carbonyl (C=O) groups excluding carboxylic acids is 2. The molecule has 0 aliphatic carbocycles. The van der Waals surface area contributed by atoms with Crippen molar-refractivity contribution in [2.45, 2.75) is 32.7 Å². The Labute approximate surface area is 132 Å². The lowest BCUT2D eigenvalue weighted by molar-refractivity contribution is 0.0920. The second-order valence-electron chi connectivity index (χ2n) is 4.99. The Morgan fingerprint density at radius 3 is 2.64 bits per heavy atom. The Balaban J connectivity index is 1.95. The van der Waals surface area contributed by atoms with Gasteiger partial charge in [-0.2, -0.15) is 0 Å². The van der Waals surface area contributed by atoms with Crippen LogP contribution in [0.5, 0.6) is 0 Å². The molecule has 0 aliphatic heterocycles. The Bertz CT molecular complexity index is 667. The van der Waals surface area contributed by atoms with Gasteiger partial charge in [0.25, 0.3) is 5.91 Å². The quantitative estimate of drug-likeness (QED) is 0.831. The molecule has 2 aromatic rings. The number of halogens is 1. The van der Waals surface area contributed by atoms with Crippen molar-refractivity contribution in [1.82, 2.24) is 10.3 Å². The predicted molar refractivity (Wildman–Crippen MR) is 83.8 cm³/mol. The summed E-state index contributed by atoms with van der Waals surface area (Å²) in [5.41, 5.74) is 2.84. The van der Waals surface area contributed by atoms with E-state index >= 15 is 0 Å². The molecule has 1 aromatic carbocycles. The van der Waals surface area contributed by atoms with Crippen molar-refractivity contribution in [2.24, 2.45) is 0 Å². The van der Waals surface area contributed by atoms with Crippen LogP contribution in [0, 0.1) is 5.82 Å². The first-order valence-electron chi connectivity index (χ1n) is 7.03. The molecule has 1 unspecified atom stereocenters. The van der Waals surface area contributed by atoms with Crippen LogP contribution in [0.1, 0.15) is 46.0 Å². The average molecular weight is 320 g/mol. The van der Waals surface area contributed by atoms with Gasteiger partial charge in [0.2, 0.25) is 0 Å². The summed E-state index contributed by atoms with van der Waals surface area (Å²) >= 11 is 1.29. The number of hydrogen-bond donors (Lipinski definition) is 1. The normalized spacial score (nSPS) is 12.0. The van der Waals surface area contributed by atoms with Gasteiger partial charge >= 0.3 is 0 Å². The van der Waals surface area contributed by atoms with E-state index in [1.165, 1.54) is 35.6 Å². The van der Waals surface area contributed by atoms with E-state index in [1.54, 1.807) is 12.4 Å². The van der Waals surface area contributed by atoms with E-state index in [0.717, 1.165) is 5.69 Å². The first-order chi connectivity index (χ1) is 10.5. The summed E-state index contributed by atoms with van der Waals surface area (Å²) < 4.78 is 12.8. The maximum atomic E-state index is 12.8. The summed E-state index contributed by atoms with van der Waals surface area (Å²) in [7, 11) is 0. The van der Waals surface area contributed by atoms with Crippen LogP contribution in [0.2, 0.25) is 0 Å². The Morgan fingerprint density at radius 2 is 2.00 bits per heavy atom. The first-order valence-corrected chi connectivity index (χ1v) is 7.91. The highest BCUT2D eigenvalue weighted by Crippen LogP contribution is 2.14. The van der Waals surface area contributed by atoms with Gasteiger partial charge in [0, 0.05) is 18.0 Å². The molecule has 4 nitrogen and oxygen atoms in total. The molecule has 116 valence electrons. The van der Waals surface area contributed by atoms with Crippen molar-refractivity contribution in [3.8, 4) is 0 Å². The Kier molecular flexibility index (Phi) is 5.38. The number of amides is 1. The largest absolute Gasteiger partial charge is 0.348 e. The van der Waals surface area contributed by atoms with E-state index in [9.17, 15) is 14.0 Å². The summed E-state index contributed by atoms with van der Waals surface area (Å²) in [6.07, 6.45) is 0.854. The number of Topliss-reactive ketones (excluding diaryl/α,β-unsaturated/α-hetero) is 1. The number of carbonyl (C=O) groups is 2. The third-order valence-electron chi connectivity index (χ3n) is 3.22. The molecular weight excluding hydrogens is 303 g/mol. The fourth-order valence-corrected chi connectivity index (χ4v) is 2.86. The number of benzene rings is 1. The highest BCUT2D eigenvalue weighted by Gasteiger charge is 2.18. The molecule has 1 aromatic heterocycles. The van der Waals surface area contributed by atoms with Crippen molar-refractivity contribution in [1.29, 1.82) is 0 Å². The van der Waals surface area contributed by atoms with Crippen LogP contribution < -0.4 is 5.32 Å². The number of nitrogens with one attached hydrogen (secondary N) is 1. The number of ketones is 1. The van der Waals surface area contributed by atoms with Crippen LogP contribution in [-0.2, 0) is 6.42 Å². The first kappa shape index (κ1) is 16.3. The van der Waals surface area contributed by atoms with Gasteiger partial charge in [0.1, 0.15) is 10.7 Å². The number of aryl methyl sites for hydroxylation is 1. The van der Waals surface area contributed by atoms with E-state index in [4.69, 9.17) is 0 Å². The molecule has 6 heteroatoms. The highest BCUT2D eigenvalue weighted by molar-refractivity contribution is 7.11. The molecule has 22 heavy (non-hydrogen) atoms.